The van der Waals surface area contributed by atoms with Gasteiger partial charge < -0.3 is 0 Å². The lowest BCUT2D eigenvalue weighted by molar-refractivity contribution is -0.134. The Labute approximate surface area is 60.6 Å². The van der Waals surface area contributed by atoms with Crippen LogP contribution in [-0.2, 0) is 6.42 Å². The van der Waals surface area contributed by atoms with Gasteiger partial charge in [-0.15, -0.1) is 0 Å². The maximum atomic E-state index is 11.6. The van der Waals surface area contributed by atoms with Gasteiger partial charge in [-0.1, -0.05) is 0 Å². The highest BCUT2D eigenvalue weighted by Crippen LogP contribution is 2.20. The largest absolute Gasteiger partial charge is 0.389 e. The van der Waals surface area contributed by atoms with E-state index in [1.807, 2.05) is 0 Å². The molecule has 0 saturated heterocycles. The van der Waals surface area contributed by atoms with Crippen LogP contribution in [0.5, 0.6) is 0 Å². The molecule has 1 aromatic heterocycles. The van der Waals surface area contributed by atoms with Gasteiger partial charge in [-0.05, 0) is 0 Å². The third kappa shape index (κ3) is 3.01. The van der Waals surface area contributed by atoms with Gasteiger partial charge >= 0.3 is 6.18 Å². The molecule has 0 radical (unpaired) electrons. The van der Waals surface area contributed by atoms with Crippen LogP contribution in [0.15, 0.2) is 6.20 Å². The van der Waals surface area contributed by atoms with Crippen molar-refractivity contribution >= 4 is 0 Å². The molecule has 0 aliphatic rings. The van der Waals surface area contributed by atoms with Gasteiger partial charge in [0, 0.05) is 12.8 Å². The third-order valence-corrected chi connectivity index (χ3v) is 1.13. The van der Waals surface area contributed by atoms with Crippen LogP contribution in [0.25, 0.3) is 0 Å². The summed E-state index contributed by atoms with van der Waals surface area (Å²) in [6.07, 6.45) is -3.79. The lowest BCUT2D eigenvalue weighted by atomic mass is 10.2. The lowest BCUT2D eigenvalue weighted by Gasteiger charge is -2.02. The number of halogens is 3. The Morgan fingerprint density at radius 3 is 2.64 bits per heavy atom. The molecular weight excluding hydrogens is 159 g/mol. The van der Waals surface area contributed by atoms with Crippen LogP contribution in [0.4, 0.5) is 13.2 Å². The normalized spacial score (nSPS) is 11.9. The highest BCUT2D eigenvalue weighted by Gasteiger charge is 2.26. The molecule has 0 saturated carbocycles. The summed E-state index contributed by atoms with van der Waals surface area (Å²) in [4.78, 5) is 0. The van der Waals surface area contributed by atoms with E-state index >= 15 is 0 Å². The van der Waals surface area contributed by atoms with Crippen molar-refractivity contribution in [3.63, 3.8) is 0 Å². The average Bonchev–Trinajstić information content (AvgIpc) is 2.32. The Bertz CT molecular complexity index is 203. The number of hydrogen-bond donors (Lipinski definition) is 1. The highest BCUT2D eigenvalue weighted by atomic mass is 19.4. The van der Waals surface area contributed by atoms with Crippen LogP contribution in [0.2, 0.25) is 0 Å². The minimum absolute atomic E-state index is 0.111. The van der Waals surface area contributed by atoms with Gasteiger partial charge in [0.1, 0.15) is 0 Å². The van der Waals surface area contributed by atoms with Gasteiger partial charge in [-0.2, -0.15) is 28.6 Å². The molecule has 0 aliphatic carbocycles. The van der Waals surface area contributed by atoms with Crippen LogP contribution < -0.4 is 0 Å². The number of rotatable bonds is 2. The van der Waals surface area contributed by atoms with E-state index in [0.29, 0.717) is 5.69 Å². The van der Waals surface area contributed by atoms with E-state index in [1.165, 1.54) is 6.20 Å². The smallest absolute Gasteiger partial charge is 0.198 e. The van der Waals surface area contributed by atoms with Crippen molar-refractivity contribution in [1.82, 2.24) is 15.4 Å². The summed E-state index contributed by atoms with van der Waals surface area (Å²) < 4.78 is 34.8. The van der Waals surface area contributed by atoms with E-state index in [1.54, 1.807) is 0 Å². The minimum atomic E-state index is -4.11. The third-order valence-electron chi connectivity index (χ3n) is 1.13. The second-order valence-corrected chi connectivity index (χ2v) is 2.08. The van der Waals surface area contributed by atoms with E-state index < -0.39 is 12.6 Å². The second-order valence-electron chi connectivity index (χ2n) is 2.08. The van der Waals surface area contributed by atoms with Crippen LogP contribution >= 0.6 is 0 Å². The van der Waals surface area contributed by atoms with Crippen molar-refractivity contribution in [3.05, 3.63) is 11.9 Å². The van der Waals surface area contributed by atoms with E-state index in [-0.39, 0.29) is 6.42 Å². The first kappa shape index (κ1) is 8.03. The van der Waals surface area contributed by atoms with Gasteiger partial charge in [0.2, 0.25) is 0 Å². The molecule has 0 bridgehead atoms. The zero-order chi connectivity index (χ0) is 8.32. The maximum Gasteiger partial charge on any atom is 0.389 e. The Kier molecular flexibility index (Phi) is 2.11. The monoisotopic (exact) mass is 165 g/mol. The molecule has 6 heteroatoms. The van der Waals surface area contributed by atoms with Crippen molar-refractivity contribution in [2.24, 2.45) is 0 Å². The quantitative estimate of drug-likeness (QED) is 0.717. The molecule has 1 N–H and O–H groups in total. The fourth-order valence-corrected chi connectivity index (χ4v) is 0.616. The number of aryl methyl sites for hydroxylation is 1. The standard InChI is InChI=1S/C5H6F3N3/c6-5(7,8)2-1-4-3-9-11-10-4/h3H,1-2H2,(H,9,10,11). The zero-order valence-electron chi connectivity index (χ0n) is 5.52. The minimum Gasteiger partial charge on any atom is -0.198 e. The Morgan fingerprint density at radius 1 is 1.45 bits per heavy atom. The molecule has 62 valence electrons. The van der Waals surface area contributed by atoms with Gasteiger partial charge in [-0.25, -0.2) is 0 Å². The van der Waals surface area contributed by atoms with Crippen molar-refractivity contribution in [2.45, 2.75) is 19.0 Å². The van der Waals surface area contributed by atoms with Crippen molar-refractivity contribution in [2.75, 3.05) is 0 Å². The summed E-state index contributed by atoms with van der Waals surface area (Å²) >= 11 is 0. The predicted octanol–water partition coefficient (Wildman–Crippen LogP) is 1.30. The SMILES string of the molecule is FC(F)(F)CCc1cn[nH]n1. The van der Waals surface area contributed by atoms with Crippen LogP contribution in [0.1, 0.15) is 12.1 Å². The van der Waals surface area contributed by atoms with Crippen LogP contribution in [0, 0.1) is 0 Å². The summed E-state index contributed by atoms with van der Waals surface area (Å²) in [6.45, 7) is 0. The van der Waals surface area contributed by atoms with E-state index in [0.717, 1.165) is 0 Å². The number of nitrogens with zero attached hydrogens (tertiary/aromatic N) is 2. The highest BCUT2D eigenvalue weighted by molar-refractivity contribution is 4.90. The van der Waals surface area contributed by atoms with Gasteiger partial charge in [-0.3, -0.25) is 0 Å². The predicted molar refractivity (Wildman–Crippen MR) is 30.8 cm³/mol. The Hall–Kier alpha value is -1.07. The maximum absolute atomic E-state index is 11.6. The van der Waals surface area contributed by atoms with E-state index in [9.17, 15) is 13.2 Å². The van der Waals surface area contributed by atoms with E-state index in [4.69, 9.17) is 0 Å². The van der Waals surface area contributed by atoms with Crippen molar-refractivity contribution in [1.29, 1.82) is 0 Å². The summed E-state index contributed by atoms with van der Waals surface area (Å²) in [7, 11) is 0. The average molecular weight is 165 g/mol. The summed E-state index contributed by atoms with van der Waals surface area (Å²) in [5, 5.41) is 9.10. The Balaban J connectivity index is 2.35. The molecule has 11 heavy (non-hydrogen) atoms. The number of alkyl halides is 3. The first-order valence-corrected chi connectivity index (χ1v) is 2.99. The molecule has 0 unspecified atom stereocenters. The van der Waals surface area contributed by atoms with Gasteiger partial charge in [0.25, 0.3) is 0 Å². The summed E-state index contributed by atoms with van der Waals surface area (Å²) in [5.74, 6) is 0. The molecule has 1 heterocycles. The molecule has 0 fully saturated rings. The lowest BCUT2D eigenvalue weighted by Crippen LogP contribution is -2.08. The number of H-pyrrole nitrogens is 1. The molecule has 1 aromatic rings. The van der Waals surface area contributed by atoms with Crippen molar-refractivity contribution < 1.29 is 13.2 Å². The molecule has 0 spiro atoms. The molecule has 0 aliphatic heterocycles. The fraction of sp³-hybridized carbons (Fsp3) is 0.600. The van der Waals surface area contributed by atoms with Gasteiger partial charge in [0.05, 0.1) is 11.9 Å². The molecule has 0 atom stereocenters. The van der Waals surface area contributed by atoms with Crippen LogP contribution in [0.3, 0.4) is 0 Å². The first-order chi connectivity index (χ1) is 5.08. The van der Waals surface area contributed by atoms with Crippen LogP contribution in [-0.4, -0.2) is 21.6 Å². The molecule has 3 nitrogen and oxygen atoms in total. The Morgan fingerprint density at radius 2 is 2.18 bits per heavy atom. The van der Waals surface area contributed by atoms with Crippen molar-refractivity contribution in [3.8, 4) is 0 Å². The molecule has 0 aromatic carbocycles. The fourth-order valence-electron chi connectivity index (χ4n) is 0.616. The zero-order valence-corrected chi connectivity index (χ0v) is 5.52. The second kappa shape index (κ2) is 2.89. The number of hydrogen-bond acceptors (Lipinski definition) is 2. The van der Waals surface area contributed by atoms with E-state index in [2.05, 4.69) is 15.4 Å². The number of aromatic amines is 1. The molecule has 0 amide bonds. The topological polar surface area (TPSA) is 41.6 Å². The van der Waals surface area contributed by atoms with Gasteiger partial charge in [0.15, 0.2) is 0 Å². The number of nitrogens with one attached hydrogen (secondary N) is 1. The first-order valence-electron chi connectivity index (χ1n) is 2.99. The number of aromatic nitrogens is 3. The summed E-state index contributed by atoms with van der Waals surface area (Å²) in [6, 6.07) is 0. The summed E-state index contributed by atoms with van der Waals surface area (Å²) in [5.41, 5.74) is 0.335. The molecule has 1 rings (SSSR count). The molecular formula is C5H6F3N3.